The number of thiophene rings is 1. The van der Waals surface area contributed by atoms with Gasteiger partial charge in [-0.3, -0.25) is 4.79 Å². The first-order valence-corrected chi connectivity index (χ1v) is 9.14. The fourth-order valence-corrected chi connectivity index (χ4v) is 3.66. The molecule has 118 valence electrons. The van der Waals surface area contributed by atoms with Crippen LogP contribution in [0.3, 0.4) is 0 Å². The van der Waals surface area contributed by atoms with Gasteiger partial charge in [0.2, 0.25) is 10.0 Å². The predicted molar refractivity (Wildman–Crippen MR) is 88.2 cm³/mol. The Labute approximate surface area is 142 Å². The molecule has 1 aromatic heterocycles. The lowest BCUT2D eigenvalue weighted by molar-refractivity contribution is 0.0951. The quantitative estimate of drug-likeness (QED) is 0.839. The van der Waals surface area contributed by atoms with Gasteiger partial charge in [-0.2, -0.15) is 0 Å². The SMILES string of the molecule is CNS(=O)(=O)c1ccc(Cl)c(C(=O)NCc2ccc(Cl)s2)c1. The molecule has 2 aromatic rings. The molecule has 0 radical (unpaired) electrons. The standard InChI is InChI=1S/C13H12Cl2N2O3S2/c1-16-22(19,20)9-3-4-11(14)10(6-9)13(18)17-7-8-2-5-12(15)21-8/h2-6,16H,7H2,1H3,(H,17,18). The highest BCUT2D eigenvalue weighted by molar-refractivity contribution is 7.89. The van der Waals surface area contributed by atoms with Crippen LogP contribution in [0.25, 0.3) is 0 Å². The lowest BCUT2D eigenvalue weighted by Gasteiger charge is -2.08. The fourth-order valence-electron chi connectivity index (χ4n) is 1.67. The summed E-state index contributed by atoms with van der Waals surface area (Å²) in [6.07, 6.45) is 0. The average Bonchev–Trinajstić information content (AvgIpc) is 2.90. The van der Waals surface area contributed by atoms with Crippen LogP contribution in [0.15, 0.2) is 35.2 Å². The molecule has 0 atom stereocenters. The number of benzene rings is 1. The van der Waals surface area contributed by atoms with E-state index in [9.17, 15) is 13.2 Å². The number of sulfonamides is 1. The Bertz CT molecular complexity index is 803. The van der Waals surface area contributed by atoms with Crippen LogP contribution in [0.5, 0.6) is 0 Å². The predicted octanol–water partition coefficient (Wildman–Crippen LogP) is 2.89. The van der Waals surface area contributed by atoms with E-state index in [4.69, 9.17) is 23.2 Å². The van der Waals surface area contributed by atoms with Gasteiger partial charge < -0.3 is 5.32 Å². The van der Waals surface area contributed by atoms with Crippen molar-refractivity contribution in [1.29, 1.82) is 0 Å². The zero-order chi connectivity index (χ0) is 16.3. The Morgan fingerprint density at radius 3 is 2.55 bits per heavy atom. The molecule has 2 rings (SSSR count). The summed E-state index contributed by atoms with van der Waals surface area (Å²) in [5.74, 6) is -0.456. The summed E-state index contributed by atoms with van der Waals surface area (Å²) in [5.41, 5.74) is 0.0978. The maximum absolute atomic E-state index is 12.2. The van der Waals surface area contributed by atoms with Crippen LogP contribution < -0.4 is 10.0 Å². The van der Waals surface area contributed by atoms with Crippen molar-refractivity contribution >= 4 is 50.5 Å². The second-order valence-corrected chi connectivity index (χ2v) is 8.33. The van der Waals surface area contributed by atoms with Crippen LogP contribution in [0.1, 0.15) is 15.2 Å². The molecule has 1 aromatic carbocycles. The summed E-state index contributed by atoms with van der Waals surface area (Å²) < 4.78 is 26.4. The van der Waals surface area contributed by atoms with Crippen LogP contribution in [-0.4, -0.2) is 21.4 Å². The van der Waals surface area contributed by atoms with Crippen LogP contribution in [0.2, 0.25) is 9.36 Å². The zero-order valence-corrected chi connectivity index (χ0v) is 14.5. The zero-order valence-electron chi connectivity index (χ0n) is 11.4. The molecule has 1 heterocycles. The van der Waals surface area contributed by atoms with Crippen LogP contribution >= 0.6 is 34.5 Å². The summed E-state index contributed by atoms with van der Waals surface area (Å²) in [5, 5.41) is 2.86. The van der Waals surface area contributed by atoms with Crippen molar-refractivity contribution in [3.8, 4) is 0 Å². The van der Waals surface area contributed by atoms with Crippen molar-refractivity contribution in [2.24, 2.45) is 0 Å². The molecule has 9 heteroatoms. The van der Waals surface area contributed by atoms with Gasteiger partial charge >= 0.3 is 0 Å². The van der Waals surface area contributed by atoms with Crippen LogP contribution in [0.4, 0.5) is 0 Å². The second-order valence-electron chi connectivity index (χ2n) is 4.24. The third kappa shape index (κ3) is 3.99. The van der Waals surface area contributed by atoms with E-state index in [2.05, 4.69) is 10.0 Å². The van der Waals surface area contributed by atoms with Gasteiger partial charge in [-0.05, 0) is 37.4 Å². The van der Waals surface area contributed by atoms with Gasteiger partial charge in [0.15, 0.2) is 0 Å². The number of halogens is 2. The van der Waals surface area contributed by atoms with E-state index in [1.54, 1.807) is 12.1 Å². The van der Waals surface area contributed by atoms with Gasteiger partial charge in [0.05, 0.1) is 26.4 Å². The van der Waals surface area contributed by atoms with E-state index in [0.717, 1.165) is 4.88 Å². The molecule has 22 heavy (non-hydrogen) atoms. The molecule has 0 spiro atoms. The minimum Gasteiger partial charge on any atom is -0.347 e. The monoisotopic (exact) mass is 378 g/mol. The first kappa shape index (κ1) is 17.2. The van der Waals surface area contributed by atoms with Gasteiger partial charge in [-0.15, -0.1) is 11.3 Å². The number of carbonyl (C=O) groups excluding carboxylic acids is 1. The summed E-state index contributed by atoms with van der Waals surface area (Å²) >= 11 is 13.1. The van der Waals surface area contributed by atoms with Gasteiger partial charge in [-0.1, -0.05) is 23.2 Å². The fraction of sp³-hybridized carbons (Fsp3) is 0.154. The molecule has 0 fully saturated rings. The maximum atomic E-state index is 12.2. The van der Waals surface area contributed by atoms with E-state index in [1.165, 1.54) is 36.6 Å². The number of carbonyl (C=O) groups is 1. The number of amides is 1. The average molecular weight is 379 g/mol. The van der Waals surface area contributed by atoms with Crippen LogP contribution in [-0.2, 0) is 16.6 Å². The largest absolute Gasteiger partial charge is 0.347 e. The summed E-state index contributed by atoms with van der Waals surface area (Å²) in [7, 11) is -2.34. The van der Waals surface area contributed by atoms with E-state index >= 15 is 0 Å². The number of nitrogens with one attached hydrogen (secondary N) is 2. The molecule has 0 saturated carbocycles. The van der Waals surface area contributed by atoms with E-state index in [1.807, 2.05) is 0 Å². The van der Waals surface area contributed by atoms with E-state index in [-0.39, 0.29) is 22.0 Å². The van der Waals surface area contributed by atoms with Gasteiger partial charge in [-0.25, -0.2) is 13.1 Å². The van der Waals surface area contributed by atoms with Crippen molar-refractivity contribution in [1.82, 2.24) is 10.0 Å². The summed E-state index contributed by atoms with van der Waals surface area (Å²) in [6.45, 7) is 0.287. The third-order valence-corrected chi connectivity index (χ3v) is 5.79. The van der Waals surface area contributed by atoms with Crippen LogP contribution in [0, 0.1) is 0 Å². The Balaban J connectivity index is 2.20. The summed E-state index contributed by atoms with van der Waals surface area (Å²) in [4.78, 5) is 13.0. The highest BCUT2D eigenvalue weighted by Crippen LogP contribution is 2.23. The lowest BCUT2D eigenvalue weighted by Crippen LogP contribution is -2.24. The number of hydrogen-bond acceptors (Lipinski definition) is 4. The highest BCUT2D eigenvalue weighted by Gasteiger charge is 2.17. The topological polar surface area (TPSA) is 75.3 Å². The van der Waals surface area contributed by atoms with Gasteiger partial charge in [0.25, 0.3) is 5.91 Å². The molecule has 5 nitrogen and oxygen atoms in total. The lowest BCUT2D eigenvalue weighted by atomic mass is 10.2. The highest BCUT2D eigenvalue weighted by atomic mass is 35.5. The molecule has 0 bridgehead atoms. The summed E-state index contributed by atoms with van der Waals surface area (Å²) in [6, 6.07) is 7.50. The molecular formula is C13H12Cl2N2O3S2. The number of rotatable bonds is 5. The first-order chi connectivity index (χ1) is 10.3. The van der Waals surface area contributed by atoms with E-state index in [0.29, 0.717) is 4.34 Å². The molecule has 0 aliphatic heterocycles. The second kappa shape index (κ2) is 6.97. The minimum atomic E-state index is -3.64. The normalized spacial score (nSPS) is 11.4. The van der Waals surface area contributed by atoms with E-state index < -0.39 is 15.9 Å². The van der Waals surface area contributed by atoms with Crippen molar-refractivity contribution in [2.45, 2.75) is 11.4 Å². The molecule has 0 unspecified atom stereocenters. The van der Waals surface area contributed by atoms with Crippen molar-refractivity contribution in [3.63, 3.8) is 0 Å². The number of hydrogen-bond donors (Lipinski definition) is 2. The first-order valence-electron chi connectivity index (χ1n) is 6.09. The molecule has 1 amide bonds. The van der Waals surface area contributed by atoms with Gasteiger partial charge in [0.1, 0.15) is 0 Å². The molecular weight excluding hydrogens is 367 g/mol. The molecule has 0 aliphatic carbocycles. The van der Waals surface area contributed by atoms with Gasteiger partial charge in [0, 0.05) is 4.88 Å². The molecule has 0 aliphatic rings. The molecule has 0 saturated heterocycles. The smallest absolute Gasteiger partial charge is 0.253 e. The Kier molecular flexibility index (Phi) is 5.46. The van der Waals surface area contributed by atoms with Crippen molar-refractivity contribution in [2.75, 3.05) is 7.05 Å². The Morgan fingerprint density at radius 2 is 1.95 bits per heavy atom. The third-order valence-electron chi connectivity index (χ3n) is 2.81. The van der Waals surface area contributed by atoms with Crippen molar-refractivity contribution < 1.29 is 13.2 Å². The van der Waals surface area contributed by atoms with Crippen molar-refractivity contribution in [3.05, 3.63) is 50.1 Å². The Morgan fingerprint density at radius 1 is 1.23 bits per heavy atom. The maximum Gasteiger partial charge on any atom is 0.253 e. The Hall–Kier alpha value is -1.12. The minimum absolute atomic E-state index is 0.0243. The molecule has 2 N–H and O–H groups in total.